The first-order valence-electron chi connectivity index (χ1n) is 5.25. The number of nitrogens with one attached hydrogen (secondary N) is 2. The monoisotopic (exact) mass is 200 g/mol. The van der Waals surface area contributed by atoms with Crippen molar-refractivity contribution in [2.75, 3.05) is 26.7 Å². The van der Waals surface area contributed by atoms with Gasteiger partial charge in [-0.15, -0.1) is 0 Å². The molecule has 0 saturated carbocycles. The second-order valence-corrected chi connectivity index (χ2v) is 3.84. The predicted molar refractivity (Wildman–Crippen MR) is 55.1 cm³/mol. The van der Waals surface area contributed by atoms with Crippen LogP contribution in [-0.4, -0.2) is 38.8 Å². The fourth-order valence-electron chi connectivity index (χ4n) is 1.59. The molecule has 0 radical (unpaired) electrons. The van der Waals surface area contributed by atoms with Gasteiger partial charge in [0.05, 0.1) is 0 Å². The van der Waals surface area contributed by atoms with Crippen LogP contribution in [0.1, 0.15) is 19.8 Å². The number of ether oxygens (including phenoxy) is 1. The third-order valence-electron chi connectivity index (χ3n) is 2.69. The first kappa shape index (κ1) is 11.5. The van der Waals surface area contributed by atoms with Gasteiger partial charge in [0, 0.05) is 13.7 Å². The highest BCUT2D eigenvalue weighted by atomic mass is 16.5. The Hall–Kier alpha value is -0.610. The fraction of sp³-hybridized carbons (Fsp3) is 0.900. The van der Waals surface area contributed by atoms with E-state index in [-0.39, 0.29) is 12.0 Å². The number of methoxy groups -OCH3 is 1. The van der Waals surface area contributed by atoms with Crippen LogP contribution in [0.4, 0.5) is 0 Å². The molecule has 1 aliphatic rings. The van der Waals surface area contributed by atoms with Crippen LogP contribution in [0.2, 0.25) is 0 Å². The van der Waals surface area contributed by atoms with Gasteiger partial charge in [-0.3, -0.25) is 4.79 Å². The number of rotatable bonds is 4. The zero-order valence-electron chi connectivity index (χ0n) is 9.01. The molecule has 1 amide bonds. The first-order valence-corrected chi connectivity index (χ1v) is 5.25. The van der Waals surface area contributed by atoms with Gasteiger partial charge in [0.25, 0.3) is 0 Å². The second kappa shape index (κ2) is 5.98. The Morgan fingerprint density at radius 1 is 1.71 bits per heavy atom. The summed E-state index contributed by atoms with van der Waals surface area (Å²) in [6, 6.07) is 0. The Bertz CT molecular complexity index is 179. The maximum atomic E-state index is 11.4. The second-order valence-electron chi connectivity index (χ2n) is 3.84. The van der Waals surface area contributed by atoms with Crippen molar-refractivity contribution in [2.45, 2.75) is 25.9 Å². The molecule has 0 aromatic heterocycles. The van der Waals surface area contributed by atoms with Crippen molar-refractivity contribution in [3.63, 3.8) is 0 Å². The van der Waals surface area contributed by atoms with E-state index in [1.54, 1.807) is 14.0 Å². The lowest BCUT2D eigenvalue weighted by molar-refractivity contribution is -0.130. The van der Waals surface area contributed by atoms with E-state index in [0.717, 1.165) is 19.6 Å². The number of carbonyl (C=O) groups excluding carboxylic acids is 1. The zero-order chi connectivity index (χ0) is 10.4. The average molecular weight is 200 g/mol. The molecular weight excluding hydrogens is 180 g/mol. The summed E-state index contributed by atoms with van der Waals surface area (Å²) < 4.78 is 4.92. The molecule has 1 heterocycles. The van der Waals surface area contributed by atoms with Crippen LogP contribution in [0, 0.1) is 5.92 Å². The lowest BCUT2D eigenvalue weighted by Crippen LogP contribution is -2.41. The molecule has 0 spiro atoms. The SMILES string of the molecule is CO[C@@H](C)C(=O)NC[C@@H]1CCCNC1. The van der Waals surface area contributed by atoms with Gasteiger partial charge in [-0.1, -0.05) is 0 Å². The van der Waals surface area contributed by atoms with Crippen molar-refractivity contribution < 1.29 is 9.53 Å². The molecule has 0 aromatic rings. The topological polar surface area (TPSA) is 50.4 Å². The molecule has 1 fully saturated rings. The molecule has 14 heavy (non-hydrogen) atoms. The van der Waals surface area contributed by atoms with Crippen LogP contribution in [0.25, 0.3) is 0 Å². The van der Waals surface area contributed by atoms with E-state index < -0.39 is 0 Å². The largest absolute Gasteiger partial charge is 0.372 e. The minimum atomic E-state index is -0.341. The van der Waals surface area contributed by atoms with Gasteiger partial charge < -0.3 is 15.4 Å². The molecule has 82 valence electrons. The van der Waals surface area contributed by atoms with Crippen LogP contribution in [0.3, 0.4) is 0 Å². The molecule has 2 atom stereocenters. The van der Waals surface area contributed by atoms with E-state index in [1.165, 1.54) is 12.8 Å². The van der Waals surface area contributed by atoms with Gasteiger partial charge in [-0.2, -0.15) is 0 Å². The average Bonchev–Trinajstić information content (AvgIpc) is 2.26. The highest BCUT2D eigenvalue weighted by Crippen LogP contribution is 2.08. The fourth-order valence-corrected chi connectivity index (χ4v) is 1.59. The summed E-state index contributed by atoms with van der Waals surface area (Å²) in [5.41, 5.74) is 0. The molecular formula is C10H20N2O2. The van der Waals surface area contributed by atoms with E-state index in [4.69, 9.17) is 4.74 Å². The molecule has 0 aliphatic carbocycles. The number of amides is 1. The molecule has 1 saturated heterocycles. The summed E-state index contributed by atoms with van der Waals surface area (Å²) in [5, 5.41) is 6.22. The number of hydrogen-bond acceptors (Lipinski definition) is 3. The molecule has 0 aromatic carbocycles. The summed E-state index contributed by atoms with van der Waals surface area (Å²) in [5.74, 6) is 0.565. The third-order valence-corrected chi connectivity index (χ3v) is 2.69. The van der Waals surface area contributed by atoms with Crippen molar-refractivity contribution in [2.24, 2.45) is 5.92 Å². The van der Waals surface area contributed by atoms with Gasteiger partial charge in [-0.05, 0) is 38.8 Å². The van der Waals surface area contributed by atoms with Crippen LogP contribution in [0.15, 0.2) is 0 Å². The quantitative estimate of drug-likeness (QED) is 0.678. The lowest BCUT2D eigenvalue weighted by atomic mass is 10.00. The molecule has 1 rings (SSSR count). The molecule has 0 bridgehead atoms. The highest BCUT2D eigenvalue weighted by Gasteiger charge is 2.16. The molecule has 4 heteroatoms. The Morgan fingerprint density at radius 3 is 3.07 bits per heavy atom. The molecule has 2 N–H and O–H groups in total. The maximum Gasteiger partial charge on any atom is 0.248 e. The minimum Gasteiger partial charge on any atom is -0.372 e. The van der Waals surface area contributed by atoms with Crippen LogP contribution < -0.4 is 10.6 Å². The van der Waals surface area contributed by atoms with Crippen molar-refractivity contribution in [1.29, 1.82) is 0 Å². The van der Waals surface area contributed by atoms with E-state index >= 15 is 0 Å². The predicted octanol–water partition coefficient (Wildman–Crippen LogP) is 0.137. The number of piperidine rings is 1. The summed E-state index contributed by atoms with van der Waals surface area (Å²) in [4.78, 5) is 11.4. The van der Waals surface area contributed by atoms with Crippen molar-refractivity contribution in [1.82, 2.24) is 10.6 Å². The Morgan fingerprint density at radius 2 is 2.50 bits per heavy atom. The Kier molecular flexibility index (Phi) is 4.90. The van der Waals surface area contributed by atoms with E-state index in [2.05, 4.69) is 10.6 Å². The van der Waals surface area contributed by atoms with Crippen LogP contribution >= 0.6 is 0 Å². The Balaban J connectivity index is 2.15. The highest BCUT2D eigenvalue weighted by molar-refractivity contribution is 5.80. The Labute approximate surface area is 85.4 Å². The molecule has 0 unspecified atom stereocenters. The minimum absolute atomic E-state index is 0.0157. The number of carbonyl (C=O) groups is 1. The summed E-state index contributed by atoms with van der Waals surface area (Å²) >= 11 is 0. The van der Waals surface area contributed by atoms with E-state index in [0.29, 0.717) is 5.92 Å². The van der Waals surface area contributed by atoms with Gasteiger partial charge >= 0.3 is 0 Å². The van der Waals surface area contributed by atoms with E-state index in [1.807, 2.05) is 0 Å². The van der Waals surface area contributed by atoms with Crippen LogP contribution in [0.5, 0.6) is 0 Å². The van der Waals surface area contributed by atoms with Gasteiger partial charge in [0.1, 0.15) is 6.10 Å². The zero-order valence-corrected chi connectivity index (χ0v) is 9.01. The van der Waals surface area contributed by atoms with Gasteiger partial charge in [0.15, 0.2) is 0 Å². The lowest BCUT2D eigenvalue weighted by Gasteiger charge is -2.23. The smallest absolute Gasteiger partial charge is 0.248 e. The van der Waals surface area contributed by atoms with Crippen molar-refractivity contribution in [3.8, 4) is 0 Å². The summed E-state index contributed by atoms with van der Waals surface area (Å²) in [7, 11) is 1.55. The number of hydrogen-bond donors (Lipinski definition) is 2. The third kappa shape index (κ3) is 3.64. The van der Waals surface area contributed by atoms with Gasteiger partial charge in [-0.25, -0.2) is 0 Å². The molecule has 4 nitrogen and oxygen atoms in total. The normalized spacial score (nSPS) is 24.3. The van der Waals surface area contributed by atoms with Crippen molar-refractivity contribution in [3.05, 3.63) is 0 Å². The maximum absolute atomic E-state index is 11.4. The van der Waals surface area contributed by atoms with Crippen molar-refractivity contribution >= 4 is 5.91 Å². The standard InChI is InChI=1S/C10H20N2O2/c1-8(14-2)10(13)12-7-9-4-3-5-11-6-9/h8-9,11H,3-7H2,1-2H3,(H,12,13)/t8-,9+/m0/s1. The van der Waals surface area contributed by atoms with Crippen LogP contribution in [-0.2, 0) is 9.53 Å². The first-order chi connectivity index (χ1) is 6.74. The molecule has 1 aliphatic heterocycles. The summed E-state index contributed by atoms with van der Waals surface area (Å²) in [6.07, 6.45) is 2.07. The summed E-state index contributed by atoms with van der Waals surface area (Å²) in [6.45, 7) is 4.65. The van der Waals surface area contributed by atoms with E-state index in [9.17, 15) is 4.79 Å². The van der Waals surface area contributed by atoms with Gasteiger partial charge in [0.2, 0.25) is 5.91 Å².